The van der Waals surface area contributed by atoms with Crippen molar-refractivity contribution < 1.29 is 24.1 Å². The van der Waals surface area contributed by atoms with Crippen molar-refractivity contribution in [2.75, 3.05) is 33.4 Å². The number of aliphatic hydroxyl groups excluding tert-OH is 2. The summed E-state index contributed by atoms with van der Waals surface area (Å²) in [6, 6.07) is 3.61. The van der Waals surface area contributed by atoms with Gasteiger partial charge in [-0.2, -0.15) is 0 Å². The minimum atomic E-state index is -0.575. The molecular formula is C13H23NO5. The Morgan fingerprint density at radius 2 is 2.16 bits per heavy atom. The summed E-state index contributed by atoms with van der Waals surface area (Å²) in [4.78, 5) is 0. The van der Waals surface area contributed by atoms with Crippen molar-refractivity contribution in [2.24, 2.45) is 0 Å². The van der Waals surface area contributed by atoms with E-state index < -0.39 is 12.2 Å². The highest BCUT2D eigenvalue weighted by molar-refractivity contribution is 4.96. The lowest BCUT2D eigenvalue weighted by molar-refractivity contribution is 0.0215. The van der Waals surface area contributed by atoms with E-state index in [1.807, 2.05) is 6.07 Å². The maximum Gasteiger partial charge on any atom is 0.129 e. The second-order valence-corrected chi connectivity index (χ2v) is 4.35. The van der Waals surface area contributed by atoms with Gasteiger partial charge in [0.2, 0.25) is 0 Å². The minimum absolute atomic E-state index is 0.244. The van der Waals surface area contributed by atoms with Crippen LogP contribution in [0.5, 0.6) is 0 Å². The molecule has 0 radical (unpaired) electrons. The van der Waals surface area contributed by atoms with Gasteiger partial charge in [-0.05, 0) is 25.1 Å². The van der Waals surface area contributed by atoms with Crippen LogP contribution < -0.4 is 5.32 Å². The quantitative estimate of drug-likeness (QED) is 0.498. The first kappa shape index (κ1) is 16.1. The average molecular weight is 273 g/mol. The number of rotatable bonds is 11. The maximum absolute atomic E-state index is 9.64. The fourth-order valence-electron chi connectivity index (χ4n) is 1.56. The third kappa shape index (κ3) is 7.97. The monoisotopic (exact) mass is 273 g/mol. The smallest absolute Gasteiger partial charge is 0.129 e. The van der Waals surface area contributed by atoms with Gasteiger partial charge in [0.05, 0.1) is 31.7 Å². The van der Waals surface area contributed by atoms with Gasteiger partial charge >= 0.3 is 0 Å². The van der Waals surface area contributed by atoms with Crippen molar-refractivity contribution in [2.45, 2.75) is 25.2 Å². The van der Waals surface area contributed by atoms with Crippen molar-refractivity contribution >= 4 is 0 Å². The van der Waals surface area contributed by atoms with Gasteiger partial charge < -0.3 is 29.4 Å². The minimum Gasteiger partial charge on any atom is -0.467 e. The van der Waals surface area contributed by atoms with Crippen molar-refractivity contribution in [1.82, 2.24) is 5.32 Å². The highest BCUT2D eigenvalue weighted by atomic mass is 16.5. The molecule has 0 amide bonds. The fourth-order valence-corrected chi connectivity index (χ4v) is 1.56. The third-order valence-corrected chi connectivity index (χ3v) is 2.53. The summed E-state index contributed by atoms with van der Waals surface area (Å²) in [5.74, 6) is 0.739. The van der Waals surface area contributed by atoms with E-state index in [0.29, 0.717) is 32.7 Å². The molecule has 0 aliphatic rings. The van der Waals surface area contributed by atoms with Gasteiger partial charge in [0.1, 0.15) is 12.4 Å². The zero-order valence-electron chi connectivity index (χ0n) is 11.2. The van der Waals surface area contributed by atoms with Gasteiger partial charge in [-0.3, -0.25) is 0 Å². The van der Waals surface area contributed by atoms with Crippen LogP contribution in [0.15, 0.2) is 22.8 Å². The van der Waals surface area contributed by atoms with Gasteiger partial charge in [-0.1, -0.05) is 0 Å². The first-order valence-corrected chi connectivity index (χ1v) is 6.38. The van der Waals surface area contributed by atoms with E-state index in [-0.39, 0.29) is 6.61 Å². The van der Waals surface area contributed by atoms with E-state index in [1.54, 1.807) is 19.4 Å². The molecule has 6 heteroatoms. The topological polar surface area (TPSA) is 84.1 Å². The Labute approximate surface area is 113 Å². The van der Waals surface area contributed by atoms with Crippen LogP contribution in [0.2, 0.25) is 0 Å². The summed E-state index contributed by atoms with van der Waals surface area (Å²) >= 11 is 0. The molecule has 0 aliphatic carbocycles. The highest BCUT2D eigenvalue weighted by Crippen LogP contribution is 2.01. The number of nitrogens with one attached hydrogen (secondary N) is 1. The maximum atomic E-state index is 9.64. The number of methoxy groups -OCH3 is 1. The second kappa shape index (κ2) is 9.94. The van der Waals surface area contributed by atoms with Crippen LogP contribution in [0, 0.1) is 0 Å². The van der Waals surface area contributed by atoms with Crippen LogP contribution in [0.1, 0.15) is 12.2 Å². The van der Waals surface area contributed by atoms with E-state index in [2.05, 4.69) is 5.32 Å². The molecule has 0 saturated heterocycles. The molecule has 0 bridgehead atoms. The average Bonchev–Trinajstić information content (AvgIpc) is 2.88. The Kier molecular flexibility index (Phi) is 8.44. The van der Waals surface area contributed by atoms with Crippen LogP contribution in [-0.2, 0) is 16.1 Å². The molecule has 0 spiro atoms. The van der Waals surface area contributed by atoms with Gasteiger partial charge in [-0.25, -0.2) is 0 Å². The Bertz CT molecular complexity index is 304. The van der Waals surface area contributed by atoms with E-state index in [9.17, 15) is 10.2 Å². The van der Waals surface area contributed by atoms with Crippen LogP contribution in [0.25, 0.3) is 0 Å². The van der Waals surface area contributed by atoms with Gasteiger partial charge in [0.25, 0.3) is 0 Å². The third-order valence-electron chi connectivity index (χ3n) is 2.53. The molecule has 0 aliphatic heterocycles. The largest absolute Gasteiger partial charge is 0.467 e. The normalized spacial score (nSPS) is 14.5. The summed E-state index contributed by atoms with van der Waals surface area (Å²) in [6.45, 7) is 1.99. The molecule has 1 heterocycles. The number of hydrogen-bond donors (Lipinski definition) is 3. The number of hydrogen-bond acceptors (Lipinski definition) is 6. The van der Waals surface area contributed by atoms with Gasteiger partial charge in [0, 0.05) is 13.7 Å². The van der Waals surface area contributed by atoms with E-state index >= 15 is 0 Å². The molecule has 2 atom stereocenters. The molecule has 2 unspecified atom stereocenters. The van der Waals surface area contributed by atoms with Crippen LogP contribution in [-0.4, -0.2) is 55.8 Å². The van der Waals surface area contributed by atoms with Crippen molar-refractivity contribution in [3.8, 4) is 0 Å². The molecule has 0 saturated carbocycles. The predicted octanol–water partition coefficient (Wildman–Crippen LogP) is 0.144. The standard InChI is InChI=1S/C13H23NO5/c1-17-8-11(15)4-5-14-7-12(16)9-18-10-13-3-2-6-19-13/h2-3,6,11-12,14-16H,4-5,7-10H2,1H3. The first-order chi connectivity index (χ1) is 9.22. The Morgan fingerprint density at radius 3 is 2.84 bits per heavy atom. The number of ether oxygens (including phenoxy) is 2. The summed E-state index contributed by atoms with van der Waals surface area (Å²) in [5.41, 5.74) is 0. The zero-order chi connectivity index (χ0) is 13.9. The van der Waals surface area contributed by atoms with Crippen LogP contribution >= 0.6 is 0 Å². The molecule has 110 valence electrons. The molecule has 0 fully saturated rings. The molecule has 19 heavy (non-hydrogen) atoms. The molecule has 1 aromatic heterocycles. The SMILES string of the molecule is COCC(O)CCNCC(O)COCc1ccco1. The van der Waals surface area contributed by atoms with Gasteiger partial charge in [-0.15, -0.1) is 0 Å². The first-order valence-electron chi connectivity index (χ1n) is 6.38. The Hall–Kier alpha value is -0.920. The van der Waals surface area contributed by atoms with Crippen LogP contribution in [0.4, 0.5) is 0 Å². The zero-order valence-corrected chi connectivity index (χ0v) is 11.2. The summed E-state index contributed by atoms with van der Waals surface area (Å²) in [6.07, 6.45) is 1.13. The molecule has 3 N–H and O–H groups in total. The predicted molar refractivity (Wildman–Crippen MR) is 69.7 cm³/mol. The lowest BCUT2D eigenvalue weighted by atomic mass is 10.2. The molecular weight excluding hydrogens is 250 g/mol. The lowest BCUT2D eigenvalue weighted by Gasteiger charge is -2.13. The number of aliphatic hydroxyl groups is 2. The summed E-state index contributed by atoms with van der Waals surface area (Å²) in [5, 5.41) is 22.1. The fraction of sp³-hybridized carbons (Fsp3) is 0.692. The molecule has 0 aromatic carbocycles. The highest BCUT2D eigenvalue weighted by Gasteiger charge is 2.06. The molecule has 1 rings (SSSR count). The van der Waals surface area contributed by atoms with E-state index in [1.165, 1.54) is 0 Å². The Balaban J connectivity index is 1.94. The van der Waals surface area contributed by atoms with Crippen molar-refractivity contribution in [3.05, 3.63) is 24.2 Å². The molecule has 6 nitrogen and oxygen atoms in total. The number of furan rings is 1. The van der Waals surface area contributed by atoms with Crippen molar-refractivity contribution in [1.29, 1.82) is 0 Å². The van der Waals surface area contributed by atoms with Crippen molar-refractivity contribution in [3.63, 3.8) is 0 Å². The van der Waals surface area contributed by atoms with E-state index in [4.69, 9.17) is 13.9 Å². The van der Waals surface area contributed by atoms with E-state index in [0.717, 1.165) is 5.76 Å². The second-order valence-electron chi connectivity index (χ2n) is 4.35. The van der Waals surface area contributed by atoms with Crippen LogP contribution in [0.3, 0.4) is 0 Å². The lowest BCUT2D eigenvalue weighted by Crippen LogP contribution is -2.32. The molecule has 1 aromatic rings. The summed E-state index contributed by atoms with van der Waals surface area (Å²) in [7, 11) is 1.55. The Morgan fingerprint density at radius 1 is 1.32 bits per heavy atom. The summed E-state index contributed by atoms with van der Waals surface area (Å²) < 4.78 is 15.2. The van der Waals surface area contributed by atoms with Gasteiger partial charge in [0.15, 0.2) is 0 Å².